The van der Waals surface area contributed by atoms with Crippen LogP contribution in [0.1, 0.15) is 34.1 Å². The van der Waals surface area contributed by atoms with Crippen molar-refractivity contribution >= 4 is 5.97 Å². The first-order chi connectivity index (χ1) is 6.23. The maximum atomic E-state index is 10.4. The van der Waals surface area contributed by atoms with E-state index in [4.69, 9.17) is 5.11 Å². The summed E-state index contributed by atoms with van der Waals surface area (Å²) in [5.74, 6) is -0.801. The lowest BCUT2D eigenvalue weighted by Crippen LogP contribution is -2.45. The molecule has 2 N–H and O–H groups in total. The Morgan fingerprint density at radius 1 is 1.43 bits per heavy atom. The lowest BCUT2D eigenvalue weighted by Gasteiger charge is -2.36. The van der Waals surface area contributed by atoms with Crippen molar-refractivity contribution in [3.8, 4) is 0 Å². The number of nitrogens with zero attached hydrogens (tertiary/aromatic N) is 1. The van der Waals surface area contributed by atoms with E-state index >= 15 is 0 Å². The van der Waals surface area contributed by atoms with Crippen molar-refractivity contribution in [2.24, 2.45) is 0 Å². The Morgan fingerprint density at radius 3 is 2.21 bits per heavy atom. The molecule has 0 aromatic heterocycles. The molecule has 0 saturated carbocycles. The zero-order valence-electron chi connectivity index (χ0n) is 9.45. The third kappa shape index (κ3) is 5.94. The molecule has 0 bridgehead atoms. The molecule has 1 unspecified atom stereocenters. The number of hydrogen-bond acceptors (Lipinski definition) is 3. The van der Waals surface area contributed by atoms with Crippen molar-refractivity contribution in [3.63, 3.8) is 0 Å². The highest BCUT2D eigenvalue weighted by Crippen LogP contribution is 2.13. The molecule has 0 fully saturated rings. The van der Waals surface area contributed by atoms with Gasteiger partial charge in [-0.25, -0.2) is 0 Å². The zero-order chi connectivity index (χ0) is 11.4. The van der Waals surface area contributed by atoms with Crippen LogP contribution in [0.3, 0.4) is 0 Å². The number of hydrogen-bond donors (Lipinski definition) is 2. The Kier molecular flexibility index (Phi) is 5.08. The number of aliphatic hydroxyl groups excluding tert-OH is 1. The largest absolute Gasteiger partial charge is 0.481 e. The van der Waals surface area contributed by atoms with Gasteiger partial charge in [-0.2, -0.15) is 0 Å². The number of β-amino-alcohol motifs (C(OH)–C–C–N with tert-alkyl or cyclic N) is 1. The maximum absolute atomic E-state index is 10.4. The highest BCUT2D eigenvalue weighted by atomic mass is 16.4. The van der Waals surface area contributed by atoms with Gasteiger partial charge >= 0.3 is 5.97 Å². The molecule has 0 aliphatic heterocycles. The van der Waals surface area contributed by atoms with Crippen LogP contribution < -0.4 is 0 Å². The molecule has 0 heterocycles. The molecule has 0 aromatic carbocycles. The lowest BCUT2D eigenvalue weighted by molar-refractivity contribution is -0.137. The second-order valence-corrected chi connectivity index (χ2v) is 4.61. The SMILES string of the molecule is CC(O)CN(CCC(=O)O)C(C)(C)C. The van der Waals surface area contributed by atoms with Gasteiger partial charge < -0.3 is 10.2 Å². The molecule has 4 nitrogen and oxygen atoms in total. The minimum absolute atomic E-state index is 0.105. The van der Waals surface area contributed by atoms with E-state index in [1.54, 1.807) is 6.92 Å². The Morgan fingerprint density at radius 2 is 1.93 bits per heavy atom. The van der Waals surface area contributed by atoms with Gasteiger partial charge in [0.05, 0.1) is 12.5 Å². The van der Waals surface area contributed by atoms with E-state index in [2.05, 4.69) is 0 Å². The molecule has 1 atom stereocenters. The van der Waals surface area contributed by atoms with Gasteiger partial charge in [0, 0.05) is 18.6 Å². The number of rotatable bonds is 5. The summed E-state index contributed by atoms with van der Waals surface area (Å²) < 4.78 is 0. The first-order valence-corrected chi connectivity index (χ1v) is 4.88. The quantitative estimate of drug-likeness (QED) is 0.698. The normalized spacial score (nSPS) is 14.4. The minimum atomic E-state index is -0.801. The van der Waals surface area contributed by atoms with Gasteiger partial charge in [-0.05, 0) is 27.7 Å². The van der Waals surface area contributed by atoms with Crippen LogP contribution in [-0.4, -0.2) is 45.8 Å². The molecule has 0 radical (unpaired) electrons. The molecule has 0 aliphatic rings. The Balaban J connectivity index is 4.19. The summed E-state index contributed by atoms with van der Waals surface area (Å²) in [6, 6.07) is 0. The Hall–Kier alpha value is -0.610. The van der Waals surface area contributed by atoms with Crippen LogP contribution in [0.5, 0.6) is 0 Å². The third-order valence-corrected chi connectivity index (χ3v) is 2.03. The molecule has 0 amide bonds. The van der Waals surface area contributed by atoms with Crippen LogP contribution in [0, 0.1) is 0 Å². The molecule has 14 heavy (non-hydrogen) atoms. The van der Waals surface area contributed by atoms with Gasteiger partial charge in [-0.1, -0.05) is 0 Å². The maximum Gasteiger partial charge on any atom is 0.304 e. The fraction of sp³-hybridized carbons (Fsp3) is 0.900. The number of carboxylic acid groups (broad SMARTS) is 1. The number of aliphatic hydroxyl groups is 1. The van der Waals surface area contributed by atoms with Crippen molar-refractivity contribution < 1.29 is 15.0 Å². The van der Waals surface area contributed by atoms with Crippen molar-refractivity contribution in [3.05, 3.63) is 0 Å². The van der Waals surface area contributed by atoms with Crippen LogP contribution in [0.25, 0.3) is 0 Å². The van der Waals surface area contributed by atoms with Crippen LogP contribution in [0.2, 0.25) is 0 Å². The molecular formula is C10H21NO3. The molecule has 0 saturated heterocycles. The van der Waals surface area contributed by atoms with E-state index in [-0.39, 0.29) is 12.0 Å². The first kappa shape index (κ1) is 13.4. The summed E-state index contributed by atoms with van der Waals surface area (Å²) in [7, 11) is 0. The van der Waals surface area contributed by atoms with Gasteiger partial charge in [0.15, 0.2) is 0 Å². The number of aliphatic carboxylic acids is 1. The summed E-state index contributed by atoms with van der Waals surface area (Å²) in [6.45, 7) is 8.73. The van der Waals surface area contributed by atoms with Crippen molar-refractivity contribution in [2.45, 2.75) is 45.8 Å². The molecule has 0 aliphatic carbocycles. The van der Waals surface area contributed by atoms with Gasteiger partial charge in [-0.15, -0.1) is 0 Å². The van der Waals surface area contributed by atoms with Crippen LogP contribution >= 0.6 is 0 Å². The Labute approximate surface area is 85.5 Å². The van der Waals surface area contributed by atoms with E-state index in [1.807, 2.05) is 25.7 Å². The summed E-state index contributed by atoms with van der Waals surface area (Å²) >= 11 is 0. The predicted octanol–water partition coefficient (Wildman–Crippen LogP) is 0.942. The molecule has 4 heteroatoms. The zero-order valence-corrected chi connectivity index (χ0v) is 9.45. The molecular weight excluding hydrogens is 182 g/mol. The molecule has 0 rings (SSSR count). The molecule has 84 valence electrons. The van der Waals surface area contributed by atoms with Crippen LogP contribution in [0.4, 0.5) is 0 Å². The summed E-state index contributed by atoms with van der Waals surface area (Å²) in [5, 5.41) is 17.8. The van der Waals surface area contributed by atoms with Crippen LogP contribution in [0.15, 0.2) is 0 Å². The van der Waals surface area contributed by atoms with Gasteiger partial charge in [0.25, 0.3) is 0 Å². The summed E-state index contributed by atoms with van der Waals surface area (Å²) in [6.07, 6.45) is -0.313. The van der Waals surface area contributed by atoms with Crippen molar-refractivity contribution in [2.75, 3.05) is 13.1 Å². The van der Waals surface area contributed by atoms with E-state index in [0.717, 1.165) is 0 Å². The van der Waals surface area contributed by atoms with E-state index < -0.39 is 12.1 Å². The molecule has 0 spiro atoms. The fourth-order valence-electron chi connectivity index (χ4n) is 1.25. The number of carbonyl (C=O) groups is 1. The topological polar surface area (TPSA) is 60.8 Å². The average molecular weight is 203 g/mol. The molecule has 0 aromatic rings. The Bertz CT molecular complexity index is 184. The van der Waals surface area contributed by atoms with E-state index in [1.165, 1.54) is 0 Å². The minimum Gasteiger partial charge on any atom is -0.481 e. The predicted molar refractivity (Wildman–Crippen MR) is 55.3 cm³/mol. The second kappa shape index (κ2) is 5.32. The smallest absolute Gasteiger partial charge is 0.304 e. The second-order valence-electron chi connectivity index (χ2n) is 4.61. The number of carboxylic acids is 1. The summed E-state index contributed by atoms with van der Waals surface area (Å²) in [5.41, 5.74) is -0.105. The van der Waals surface area contributed by atoms with Gasteiger partial charge in [0.1, 0.15) is 0 Å². The standard InChI is InChI=1S/C10H21NO3/c1-8(12)7-11(10(2,3)4)6-5-9(13)14/h8,12H,5-7H2,1-4H3,(H,13,14). The van der Waals surface area contributed by atoms with Gasteiger partial charge in [-0.3, -0.25) is 9.69 Å². The van der Waals surface area contributed by atoms with Crippen molar-refractivity contribution in [1.82, 2.24) is 4.90 Å². The van der Waals surface area contributed by atoms with E-state index in [0.29, 0.717) is 13.1 Å². The van der Waals surface area contributed by atoms with E-state index in [9.17, 15) is 9.90 Å². The average Bonchev–Trinajstić information content (AvgIpc) is 1.94. The third-order valence-electron chi connectivity index (χ3n) is 2.03. The fourth-order valence-corrected chi connectivity index (χ4v) is 1.25. The monoisotopic (exact) mass is 203 g/mol. The summed E-state index contributed by atoms with van der Waals surface area (Å²) in [4.78, 5) is 12.4. The highest BCUT2D eigenvalue weighted by Gasteiger charge is 2.22. The van der Waals surface area contributed by atoms with Crippen LogP contribution in [-0.2, 0) is 4.79 Å². The lowest BCUT2D eigenvalue weighted by atomic mass is 10.0. The highest BCUT2D eigenvalue weighted by molar-refractivity contribution is 5.66. The van der Waals surface area contributed by atoms with Gasteiger partial charge in [0.2, 0.25) is 0 Å². The first-order valence-electron chi connectivity index (χ1n) is 4.88. The van der Waals surface area contributed by atoms with Crippen molar-refractivity contribution in [1.29, 1.82) is 0 Å².